The molecule has 2 aliphatic heterocycles. The topological polar surface area (TPSA) is 59.5 Å². The number of likely N-dealkylation sites (tertiary alicyclic amines) is 1. The maximum absolute atomic E-state index is 14.4. The number of hydrogen-bond donors (Lipinski definition) is 1. The molecule has 0 radical (unpaired) electrons. The Hall–Kier alpha value is -2.45. The first-order chi connectivity index (χ1) is 14.7. The summed E-state index contributed by atoms with van der Waals surface area (Å²) in [6, 6.07) is 8.81. The second-order valence-electron chi connectivity index (χ2n) is 7.65. The average Bonchev–Trinajstić information content (AvgIpc) is 3.28. The van der Waals surface area contributed by atoms with Crippen LogP contribution in [0.2, 0.25) is 0 Å². The van der Waals surface area contributed by atoms with Crippen LogP contribution in [-0.4, -0.2) is 47.2 Å². The van der Waals surface area contributed by atoms with Crippen LogP contribution in [0.3, 0.4) is 0 Å². The number of rotatable bonds is 5. The van der Waals surface area contributed by atoms with E-state index in [4.69, 9.17) is 9.47 Å². The smallest absolute Gasteiger partial charge is 0.163 e. The first-order valence-corrected chi connectivity index (χ1v) is 11.0. The van der Waals surface area contributed by atoms with Crippen molar-refractivity contribution in [2.24, 2.45) is 0 Å². The molecule has 3 aromatic rings. The van der Waals surface area contributed by atoms with Gasteiger partial charge in [0.2, 0.25) is 0 Å². The number of anilines is 2. The lowest BCUT2D eigenvalue weighted by Gasteiger charge is -2.28. The molecule has 1 fully saturated rings. The summed E-state index contributed by atoms with van der Waals surface area (Å²) in [6.45, 7) is 3.91. The zero-order chi connectivity index (χ0) is 20.5. The van der Waals surface area contributed by atoms with E-state index in [0.29, 0.717) is 39.6 Å². The van der Waals surface area contributed by atoms with Gasteiger partial charge in [-0.15, -0.1) is 0 Å². The predicted molar refractivity (Wildman–Crippen MR) is 117 cm³/mol. The van der Waals surface area contributed by atoms with Gasteiger partial charge in [-0.25, -0.2) is 14.4 Å². The van der Waals surface area contributed by atoms with Gasteiger partial charge in [0.25, 0.3) is 0 Å². The molecule has 0 bridgehead atoms. The number of ether oxygens (including phenoxy) is 2. The minimum atomic E-state index is -0.373. The first-order valence-electron chi connectivity index (χ1n) is 10.2. The maximum atomic E-state index is 14.4. The van der Waals surface area contributed by atoms with Crippen LogP contribution in [-0.2, 0) is 0 Å². The molecule has 3 heterocycles. The van der Waals surface area contributed by atoms with Gasteiger partial charge in [-0.05, 0) is 60.1 Å². The van der Waals surface area contributed by atoms with Gasteiger partial charge in [0, 0.05) is 24.4 Å². The number of halogens is 2. The van der Waals surface area contributed by atoms with Crippen molar-refractivity contribution >= 4 is 38.3 Å². The summed E-state index contributed by atoms with van der Waals surface area (Å²) in [5, 5.41) is 3.81. The van der Waals surface area contributed by atoms with E-state index in [1.54, 1.807) is 18.2 Å². The van der Waals surface area contributed by atoms with Gasteiger partial charge in [-0.2, -0.15) is 0 Å². The van der Waals surface area contributed by atoms with E-state index in [-0.39, 0.29) is 11.9 Å². The van der Waals surface area contributed by atoms with E-state index < -0.39 is 0 Å². The molecule has 1 unspecified atom stereocenters. The Morgan fingerprint density at radius 1 is 1.17 bits per heavy atom. The van der Waals surface area contributed by atoms with Crippen LogP contribution >= 0.6 is 15.9 Å². The fraction of sp³-hybridized carbons (Fsp3) is 0.364. The number of nitrogens with one attached hydrogen (secondary N) is 1. The van der Waals surface area contributed by atoms with Crippen LogP contribution in [0.15, 0.2) is 41.1 Å². The van der Waals surface area contributed by atoms with Gasteiger partial charge in [-0.1, -0.05) is 6.07 Å². The minimum Gasteiger partial charge on any atom is -0.486 e. The molecule has 1 saturated heterocycles. The van der Waals surface area contributed by atoms with E-state index in [0.717, 1.165) is 18.4 Å². The highest BCUT2D eigenvalue weighted by Gasteiger charge is 2.24. The third-order valence-electron chi connectivity index (χ3n) is 5.59. The lowest BCUT2D eigenvalue weighted by Crippen LogP contribution is -2.33. The molecule has 2 aromatic carbocycles. The molecule has 0 saturated carbocycles. The van der Waals surface area contributed by atoms with Crippen molar-refractivity contribution < 1.29 is 13.9 Å². The van der Waals surface area contributed by atoms with E-state index in [1.807, 2.05) is 12.1 Å². The molecule has 1 aromatic heterocycles. The van der Waals surface area contributed by atoms with Crippen LogP contribution in [0.5, 0.6) is 11.5 Å². The zero-order valence-electron chi connectivity index (χ0n) is 16.4. The number of benzene rings is 2. The highest BCUT2D eigenvalue weighted by atomic mass is 79.9. The number of aromatic nitrogens is 2. The number of fused-ring (bicyclic) bond motifs is 2. The van der Waals surface area contributed by atoms with Crippen molar-refractivity contribution in [1.29, 1.82) is 0 Å². The van der Waals surface area contributed by atoms with E-state index in [1.165, 1.54) is 32.3 Å². The molecular formula is C22H22BrFN4O2. The molecule has 0 spiro atoms. The Kier molecular flexibility index (Phi) is 5.43. The Balaban J connectivity index is 1.37. The van der Waals surface area contributed by atoms with E-state index in [2.05, 4.69) is 36.1 Å². The zero-order valence-corrected chi connectivity index (χ0v) is 18.0. The van der Waals surface area contributed by atoms with Crippen molar-refractivity contribution in [3.05, 3.63) is 46.9 Å². The Morgan fingerprint density at radius 2 is 2.03 bits per heavy atom. The quantitative estimate of drug-likeness (QED) is 0.569. The van der Waals surface area contributed by atoms with Crippen molar-refractivity contribution in [1.82, 2.24) is 14.9 Å². The summed E-state index contributed by atoms with van der Waals surface area (Å²) >= 11 is 3.21. The highest BCUT2D eigenvalue weighted by molar-refractivity contribution is 9.10. The van der Waals surface area contributed by atoms with Crippen LogP contribution in [0.25, 0.3) is 10.9 Å². The van der Waals surface area contributed by atoms with Crippen molar-refractivity contribution in [2.75, 3.05) is 31.6 Å². The highest BCUT2D eigenvalue weighted by Crippen LogP contribution is 2.38. The molecule has 0 amide bonds. The van der Waals surface area contributed by atoms with Crippen molar-refractivity contribution in [3.63, 3.8) is 0 Å². The Morgan fingerprint density at radius 3 is 2.90 bits per heavy atom. The molecule has 1 N–H and O–H groups in total. The normalized spacial score (nSPS) is 18.7. The van der Waals surface area contributed by atoms with Gasteiger partial charge in [0.05, 0.1) is 15.7 Å². The van der Waals surface area contributed by atoms with Gasteiger partial charge in [0.15, 0.2) is 17.3 Å². The molecule has 8 heteroatoms. The van der Waals surface area contributed by atoms with Crippen LogP contribution < -0.4 is 14.8 Å². The fourth-order valence-corrected chi connectivity index (χ4v) is 4.33. The van der Waals surface area contributed by atoms with Gasteiger partial charge in [0.1, 0.15) is 24.9 Å². The molecule has 1 atom stereocenters. The van der Waals surface area contributed by atoms with E-state index in [9.17, 15) is 4.39 Å². The Bertz CT molecular complexity index is 1070. The summed E-state index contributed by atoms with van der Waals surface area (Å²) in [5.74, 6) is 1.49. The average molecular weight is 473 g/mol. The predicted octanol–water partition coefficient (Wildman–Crippen LogP) is 4.90. The summed E-state index contributed by atoms with van der Waals surface area (Å²) in [7, 11) is 0. The number of hydrogen-bond acceptors (Lipinski definition) is 6. The number of nitrogens with zero attached hydrogens (tertiary/aromatic N) is 3. The lowest BCUT2D eigenvalue weighted by atomic mass is 10.1. The molecule has 156 valence electrons. The second-order valence-corrected chi connectivity index (χ2v) is 8.51. The third kappa shape index (κ3) is 3.94. The molecule has 30 heavy (non-hydrogen) atoms. The fourth-order valence-electron chi connectivity index (χ4n) is 3.97. The monoisotopic (exact) mass is 472 g/mol. The summed E-state index contributed by atoms with van der Waals surface area (Å²) in [5.41, 5.74) is 1.05. The standard InChI is InChI=1S/C22H22BrFN4O2/c23-16-4-3-5-17(21(16)24)27-22-15-10-19-20(11-18(15)25-13-26-22)30-14(12-29-19)6-9-28-7-1-2-8-28/h3-5,10-11,13-14H,1-2,6-9,12H2,(H,25,26,27). The molecule has 0 aliphatic carbocycles. The van der Waals surface area contributed by atoms with Crippen LogP contribution in [0.4, 0.5) is 15.9 Å². The lowest BCUT2D eigenvalue weighted by molar-refractivity contribution is 0.0776. The molecule has 2 aliphatic rings. The largest absolute Gasteiger partial charge is 0.486 e. The summed E-state index contributed by atoms with van der Waals surface area (Å²) < 4.78 is 27.0. The van der Waals surface area contributed by atoms with Crippen LogP contribution in [0, 0.1) is 5.82 Å². The van der Waals surface area contributed by atoms with Crippen LogP contribution in [0.1, 0.15) is 19.3 Å². The molecular weight excluding hydrogens is 451 g/mol. The molecule has 6 nitrogen and oxygen atoms in total. The van der Waals surface area contributed by atoms with Gasteiger partial charge >= 0.3 is 0 Å². The minimum absolute atomic E-state index is 0.0331. The molecule has 5 rings (SSSR count). The second kappa shape index (κ2) is 8.35. The van der Waals surface area contributed by atoms with Gasteiger partial charge < -0.3 is 19.7 Å². The third-order valence-corrected chi connectivity index (χ3v) is 6.20. The first kappa shape index (κ1) is 19.5. The summed E-state index contributed by atoms with van der Waals surface area (Å²) in [6.07, 6.45) is 5.01. The van der Waals surface area contributed by atoms with Gasteiger partial charge in [-0.3, -0.25) is 0 Å². The van der Waals surface area contributed by atoms with Crippen molar-refractivity contribution in [2.45, 2.75) is 25.4 Å². The Labute approximate surface area is 182 Å². The summed E-state index contributed by atoms with van der Waals surface area (Å²) in [4.78, 5) is 11.1. The SMILES string of the molecule is Fc1c(Br)cccc1Nc1ncnc2cc3c(cc12)OCC(CCN1CCCC1)O3. The van der Waals surface area contributed by atoms with Crippen molar-refractivity contribution in [3.8, 4) is 11.5 Å². The maximum Gasteiger partial charge on any atom is 0.163 e. The van der Waals surface area contributed by atoms with E-state index >= 15 is 0 Å².